The van der Waals surface area contributed by atoms with Crippen LogP contribution in [0.1, 0.15) is 22.3 Å². The van der Waals surface area contributed by atoms with Crippen molar-refractivity contribution in [1.29, 1.82) is 0 Å². The fraction of sp³-hybridized carbons (Fsp3) is 0.0435. The quantitative estimate of drug-likeness (QED) is 0.135. The van der Waals surface area contributed by atoms with E-state index in [2.05, 4.69) is 331 Å². The largest absolute Gasteiger partial charge is 0.0622 e. The van der Waals surface area contributed by atoms with Crippen LogP contribution in [0.15, 0.2) is 303 Å². The van der Waals surface area contributed by atoms with Crippen molar-refractivity contribution >= 4 is 43.1 Å². The third-order valence-corrected chi connectivity index (χ3v) is 20.4. The van der Waals surface area contributed by atoms with Gasteiger partial charge >= 0.3 is 0 Å². The molecule has 0 bridgehead atoms. The Morgan fingerprint density at radius 1 is 0.130 bits per heavy atom. The Morgan fingerprint density at radius 2 is 0.315 bits per heavy atom. The van der Waals surface area contributed by atoms with Crippen molar-refractivity contribution in [3.63, 3.8) is 0 Å². The van der Waals surface area contributed by atoms with Crippen molar-refractivity contribution in [3.8, 4) is 145 Å². The van der Waals surface area contributed by atoms with Crippen molar-refractivity contribution in [1.82, 2.24) is 0 Å². The highest BCUT2D eigenvalue weighted by molar-refractivity contribution is 6.31. The molecule has 0 saturated carbocycles. The molecule has 0 nitrogen and oxygen atoms in total. The summed E-state index contributed by atoms with van der Waals surface area (Å²) in [7, 11) is 0. The van der Waals surface area contributed by atoms with Crippen molar-refractivity contribution < 1.29 is 0 Å². The fourth-order valence-electron chi connectivity index (χ4n) is 16.9. The molecular formula is C92H62. The minimum absolute atomic E-state index is 1.20. The molecule has 0 radical (unpaired) electrons. The van der Waals surface area contributed by atoms with Crippen LogP contribution < -0.4 is 0 Å². The number of aryl methyl sites for hydroxylation is 4. The molecule has 16 aromatic rings. The molecule has 0 aromatic heterocycles. The summed E-state index contributed by atoms with van der Waals surface area (Å²) in [5, 5.41) is 10.4. The minimum Gasteiger partial charge on any atom is -0.0622 e. The average molecular weight is 1170 g/mol. The lowest BCUT2D eigenvalue weighted by molar-refractivity contribution is 1.46. The van der Waals surface area contributed by atoms with E-state index < -0.39 is 0 Å². The van der Waals surface area contributed by atoms with Crippen LogP contribution >= 0.6 is 0 Å². The Morgan fingerprint density at radius 3 is 0.533 bits per heavy atom. The van der Waals surface area contributed by atoms with Gasteiger partial charge in [-0.15, -0.1) is 0 Å². The highest BCUT2D eigenvalue weighted by Gasteiger charge is 2.36. The summed E-state index contributed by atoms with van der Waals surface area (Å²) in [4.78, 5) is 0. The SMILES string of the molecule is Cc1c2c(c(C)c3c(-c4ccccc4)c(-c4ccccc4)c(-c4ccccc4)c(-c4ccccc4)c13)-c1ccc(-c3ccc4c5c(cccc35)-c3c-4c(C)c4c(-c5ccccc5)c(-c5ccccc5)c(-c5ccccc5)c(-c5ccccc5)c4c3C)c3cccc-2c13. The zero-order valence-corrected chi connectivity index (χ0v) is 51.9. The molecule has 92 heavy (non-hydrogen) atoms. The van der Waals surface area contributed by atoms with E-state index in [1.807, 2.05) is 0 Å². The van der Waals surface area contributed by atoms with Gasteiger partial charge in [-0.2, -0.15) is 0 Å². The van der Waals surface area contributed by atoms with Gasteiger partial charge in [0.2, 0.25) is 0 Å². The monoisotopic (exact) mass is 1170 g/mol. The Labute approximate surface area is 537 Å². The molecule has 18 rings (SSSR count). The topological polar surface area (TPSA) is 0 Å². The standard InChI is InChI=1S/C92H62/c1-55-75-71-49-29-47-69-67(51-53-73(91(69)71)77(75)57(3)81-79(55)83(59-31-13-5-14-32-59)87(63-39-21-9-22-40-63)89(65-43-25-11-26-44-65)85(81)61-35-17-7-18-36-61)68-52-54-74-78-58(4)82-80(56(2)76(78)72-50-30-48-70(68)92(72)74)84(60-33-15-6-16-34-60)88(64-41-23-10-24-42-64)90(66-45-27-12-28-46-66)86(82)62-37-19-8-20-38-62/h5-54H,1-4H3. The van der Waals surface area contributed by atoms with E-state index in [1.54, 1.807) is 0 Å². The van der Waals surface area contributed by atoms with Gasteiger partial charge < -0.3 is 0 Å². The first-order chi connectivity index (χ1) is 45.4. The molecule has 0 saturated heterocycles. The second-order valence-corrected chi connectivity index (χ2v) is 25.2. The summed E-state index contributed by atoms with van der Waals surface area (Å²) in [6.07, 6.45) is 0. The number of fused-ring (bicyclic) bond motifs is 8. The summed E-state index contributed by atoms with van der Waals surface area (Å²) in [5.74, 6) is 0. The predicted molar refractivity (Wildman–Crippen MR) is 393 cm³/mol. The molecule has 0 fully saturated rings. The van der Waals surface area contributed by atoms with Gasteiger partial charge in [0.1, 0.15) is 0 Å². The molecule has 0 unspecified atom stereocenters. The van der Waals surface area contributed by atoms with Gasteiger partial charge in [0.15, 0.2) is 0 Å². The van der Waals surface area contributed by atoms with Crippen LogP contribution in [0.25, 0.3) is 188 Å². The summed E-state index contributed by atoms with van der Waals surface area (Å²) in [5.41, 5.74) is 38.0. The van der Waals surface area contributed by atoms with Gasteiger partial charge in [0, 0.05) is 0 Å². The van der Waals surface area contributed by atoms with Crippen molar-refractivity contribution in [2.45, 2.75) is 27.7 Å². The van der Waals surface area contributed by atoms with Crippen molar-refractivity contribution in [2.75, 3.05) is 0 Å². The lowest BCUT2D eigenvalue weighted by Gasteiger charge is -2.28. The molecule has 0 heteroatoms. The van der Waals surface area contributed by atoms with E-state index >= 15 is 0 Å². The van der Waals surface area contributed by atoms with Crippen LogP contribution in [-0.2, 0) is 0 Å². The van der Waals surface area contributed by atoms with E-state index in [0.717, 1.165) is 0 Å². The molecular weight excluding hydrogens is 1110 g/mol. The van der Waals surface area contributed by atoms with E-state index in [4.69, 9.17) is 0 Å². The van der Waals surface area contributed by atoms with Crippen molar-refractivity contribution in [2.24, 2.45) is 0 Å². The Hall–Kier alpha value is -11.4. The first kappa shape index (κ1) is 53.6. The number of hydrogen-bond acceptors (Lipinski definition) is 0. The second kappa shape index (κ2) is 21.1. The number of benzene rings is 16. The molecule has 0 N–H and O–H groups in total. The smallest absolute Gasteiger partial charge is 0.00140 e. The number of rotatable bonds is 9. The van der Waals surface area contributed by atoms with Crippen LogP contribution in [0.4, 0.5) is 0 Å². The summed E-state index contributed by atoms with van der Waals surface area (Å²) in [6, 6.07) is 113. The zero-order valence-electron chi connectivity index (χ0n) is 51.9. The summed E-state index contributed by atoms with van der Waals surface area (Å²) < 4.78 is 0. The Kier molecular flexibility index (Phi) is 12.3. The van der Waals surface area contributed by atoms with Crippen LogP contribution in [-0.4, -0.2) is 0 Å². The Bertz CT molecular complexity index is 5050. The highest BCUT2D eigenvalue weighted by atomic mass is 14.4. The molecule has 0 spiro atoms. The predicted octanol–water partition coefficient (Wildman–Crippen LogP) is 25.8. The fourth-order valence-corrected chi connectivity index (χ4v) is 16.9. The van der Waals surface area contributed by atoms with Gasteiger partial charge in [0.05, 0.1) is 0 Å². The first-order valence-corrected chi connectivity index (χ1v) is 32.3. The maximum Gasteiger partial charge on any atom is -0.00140 e. The van der Waals surface area contributed by atoms with Gasteiger partial charge in [-0.05, 0) is 238 Å². The maximum absolute atomic E-state index is 2.46. The highest BCUT2D eigenvalue weighted by Crippen LogP contribution is 2.62. The lowest BCUT2D eigenvalue weighted by Crippen LogP contribution is -2.02. The molecule has 0 aliphatic heterocycles. The molecule has 2 aliphatic carbocycles. The third-order valence-electron chi connectivity index (χ3n) is 20.4. The lowest BCUT2D eigenvalue weighted by atomic mass is 9.75. The summed E-state index contributed by atoms with van der Waals surface area (Å²) >= 11 is 0. The van der Waals surface area contributed by atoms with Crippen LogP contribution in [0.3, 0.4) is 0 Å². The summed E-state index contributed by atoms with van der Waals surface area (Å²) in [6.45, 7) is 9.65. The molecule has 2 aliphatic rings. The third kappa shape index (κ3) is 7.77. The van der Waals surface area contributed by atoms with Crippen LogP contribution in [0.2, 0.25) is 0 Å². The second-order valence-electron chi connectivity index (χ2n) is 25.2. The molecule has 16 aromatic carbocycles. The van der Waals surface area contributed by atoms with E-state index in [9.17, 15) is 0 Å². The van der Waals surface area contributed by atoms with Gasteiger partial charge in [0.25, 0.3) is 0 Å². The molecule has 0 atom stereocenters. The normalized spacial score (nSPS) is 11.9. The van der Waals surface area contributed by atoms with Gasteiger partial charge in [-0.3, -0.25) is 0 Å². The maximum atomic E-state index is 2.46. The first-order valence-electron chi connectivity index (χ1n) is 32.3. The Balaban J connectivity index is 0.909. The number of hydrogen-bond donors (Lipinski definition) is 0. The van der Waals surface area contributed by atoms with Crippen LogP contribution in [0, 0.1) is 27.7 Å². The van der Waals surface area contributed by atoms with Crippen LogP contribution in [0.5, 0.6) is 0 Å². The molecule has 0 heterocycles. The van der Waals surface area contributed by atoms with E-state index in [1.165, 1.54) is 210 Å². The van der Waals surface area contributed by atoms with Gasteiger partial charge in [-0.1, -0.05) is 303 Å². The molecule has 430 valence electrons. The molecule has 0 amide bonds. The average Bonchev–Trinajstić information content (AvgIpc) is 1.36. The van der Waals surface area contributed by atoms with E-state index in [-0.39, 0.29) is 0 Å². The van der Waals surface area contributed by atoms with Crippen molar-refractivity contribution in [3.05, 3.63) is 326 Å². The minimum atomic E-state index is 1.20. The van der Waals surface area contributed by atoms with Gasteiger partial charge in [-0.25, -0.2) is 0 Å². The zero-order chi connectivity index (χ0) is 61.3. The van der Waals surface area contributed by atoms with E-state index in [0.29, 0.717) is 0 Å².